The molecule has 134 valence electrons. The summed E-state index contributed by atoms with van der Waals surface area (Å²) >= 11 is 6.00. The average molecular weight is 363 g/mol. The van der Waals surface area contributed by atoms with Gasteiger partial charge >= 0.3 is 0 Å². The van der Waals surface area contributed by atoms with Crippen molar-refractivity contribution in [3.8, 4) is 0 Å². The van der Waals surface area contributed by atoms with Gasteiger partial charge < -0.3 is 14.6 Å². The van der Waals surface area contributed by atoms with Gasteiger partial charge in [0.05, 0.1) is 0 Å². The first-order valence-corrected chi connectivity index (χ1v) is 9.18. The molecule has 5 nitrogen and oxygen atoms in total. The van der Waals surface area contributed by atoms with Gasteiger partial charge in [0.15, 0.2) is 5.76 Å². The summed E-state index contributed by atoms with van der Waals surface area (Å²) in [6.07, 6.45) is 4.56. The van der Waals surface area contributed by atoms with Crippen LogP contribution in [0.25, 0.3) is 11.0 Å². The van der Waals surface area contributed by atoms with E-state index in [4.69, 9.17) is 16.0 Å². The molecule has 0 unspecified atom stereocenters. The minimum atomic E-state index is -0.230. The molecule has 0 radical (unpaired) electrons. The normalized spacial score (nSPS) is 15.4. The topological polar surface area (TPSA) is 62.6 Å². The number of hydrogen-bond acceptors (Lipinski definition) is 3. The number of fused-ring (bicyclic) bond motifs is 1. The molecule has 25 heavy (non-hydrogen) atoms. The highest BCUT2D eigenvalue weighted by Gasteiger charge is 2.18. The quantitative estimate of drug-likeness (QED) is 0.820. The summed E-state index contributed by atoms with van der Waals surface area (Å²) in [4.78, 5) is 26.2. The van der Waals surface area contributed by atoms with Gasteiger partial charge in [-0.3, -0.25) is 9.59 Å². The molecular formula is C19H23ClN2O3. The number of benzene rings is 1. The van der Waals surface area contributed by atoms with Crippen molar-refractivity contribution in [3.05, 3.63) is 34.5 Å². The Kier molecular flexibility index (Phi) is 5.63. The largest absolute Gasteiger partial charge is 0.451 e. The molecule has 0 saturated carbocycles. The number of rotatable bonds is 5. The maximum Gasteiger partial charge on any atom is 0.287 e. The second kappa shape index (κ2) is 7.91. The monoisotopic (exact) mass is 362 g/mol. The average Bonchev–Trinajstić information content (AvgIpc) is 2.78. The zero-order valence-corrected chi connectivity index (χ0v) is 15.2. The van der Waals surface area contributed by atoms with Crippen LogP contribution in [0, 0.1) is 6.92 Å². The van der Waals surface area contributed by atoms with Crippen LogP contribution in [0.15, 0.2) is 22.6 Å². The highest BCUT2D eigenvalue weighted by molar-refractivity contribution is 6.31. The molecule has 1 N–H and O–H groups in total. The van der Waals surface area contributed by atoms with Crippen molar-refractivity contribution in [1.29, 1.82) is 0 Å². The zero-order valence-electron chi connectivity index (χ0n) is 14.4. The van der Waals surface area contributed by atoms with E-state index in [0.717, 1.165) is 43.2 Å². The van der Waals surface area contributed by atoms with Gasteiger partial charge in [-0.1, -0.05) is 18.0 Å². The maximum atomic E-state index is 12.4. The number of carbonyl (C=O) groups is 2. The number of amides is 2. The summed E-state index contributed by atoms with van der Waals surface area (Å²) in [7, 11) is 0. The third-order valence-electron chi connectivity index (χ3n) is 4.67. The van der Waals surface area contributed by atoms with Crippen LogP contribution in [0.5, 0.6) is 0 Å². The Morgan fingerprint density at radius 3 is 3.00 bits per heavy atom. The van der Waals surface area contributed by atoms with Crippen LogP contribution in [0.4, 0.5) is 0 Å². The second-order valence-corrected chi connectivity index (χ2v) is 6.93. The van der Waals surface area contributed by atoms with E-state index in [0.29, 0.717) is 35.9 Å². The van der Waals surface area contributed by atoms with Gasteiger partial charge in [-0.15, -0.1) is 0 Å². The van der Waals surface area contributed by atoms with Gasteiger partial charge in [0.25, 0.3) is 5.91 Å². The summed E-state index contributed by atoms with van der Waals surface area (Å²) in [6.45, 7) is 3.89. The van der Waals surface area contributed by atoms with Crippen molar-refractivity contribution in [2.75, 3.05) is 19.6 Å². The van der Waals surface area contributed by atoms with Crippen molar-refractivity contribution in [3.63, 3.8) is 0 Å². The van der Waals surface area contributed by atoms with Crippen molar-refractivity contribution in [2.24, 2.45) is 0 Å². The van der Waals surface area contributed by atoms with E-state index in [2.05, 4.69) is 5.32 Å². The number of nitrogens with zero attached hydrogens (tertiary/aromatic N) is 1. The summed E-state index contributed by atoms with van der Waals surface area (Å²) in [5, 5.41) is 4.35. The van der Waals surface area contributed by atoms with Crippen LogP contribution in [-0.2, 0) is 4.79 Å². The molecule has 1 aromatic heterocycles. The fraction of sp³-hybridized carbons (Fsp3) is 0.474. The standard InChI is InChI=1S/C19H23ClN2O3/c1-13-15-12-14(20)7-8-16(15)25-18(13)19(24)21-9-5-11-22-10-4-2-3-6-17(22)23/h7-8,12H,2-6,9-11H2,1H3,(H,21,24). The Hall–Kier alpha value is -2.01. The van der Waals surface area contributed by atoms with E-state index in [1.165, 1.54) is 0 Å². The molecule has 1 aliphatic rings. The maximum absolute atomic E-state index is 12.4. The third-order valence-corrected chi connectivity index (χ3v) is 4.90. The van der Waals surface area contributed by atoms with Gasteiger partial charge in [0, 0.05) is 42.0 Å². The highest BCUT2D eigenvalue weighted by atomic mass is 35.5. The van der Waals surface area contributed by atoms with E-state index in [-0.39, 0.29) is 11.8 Å². The number of nitrogens with one attached hydrogen (secondary N) is 1. The lowest BCUT2D eigenvalue weighted by Gasteiger charge is -2.20. The molecule has 2 heterocycles. The van der Waals surface area contributed by atoms with Gasteiger partial charge in [0.2, 0.25) is 5.91 Å². The highest BCUT2D eigenvalue weighted by Crippen LogP contribution is 2.27. The van der Waals surface area contributed by atoms with Crippen LogP contribution in [0.1, 0.15) is 48.2 Å². The van der Waals surface area contributed by atoms with Crippen LogP contribution in [-0.4, -0.2) is 36.3 Å². The zero-order chi connectivity index (χ0) is 17.8. The molecular weight excluding hydrogens is 340 g/mol. The molecule has 2 aromatic rings. The third kappa shape index (κ3) is 4.15. The first-order chi connectivity index (χ1) is 12.1. The Bertz CT molecular complexity index is 784. The molecule has 1 aliphatic heterocycles. The second-order valence-electron chi connectivity index (χ2n) is 6.50. The molecule has 1 aromatic carbocycles. The Morgan fingerprint density at radius 2 is 2.16 bits per heavy atom. The molecule has 2 amide bonds. The minimum Gasteiger partial charge on any atom is -0.451 e. The van der Waals surface area contributed by atoms with Gasteiger partial charge in [0.1, 0.15) is 5.58 Å². The number of furan rings is 1. The first-order valence-electron chi connectivity index (χ1n) is 8.81. The summed E-state index contributed by atoms with van der Waals surface area (Å²) in [5.74, 6) is 0.323. The van der Waals surface area contributed by atoms with Crippen molar-refractivity contribution >= 4 is 34.4 Å². The summed E-state index contributed by atoms with van der Waals surface area (Å²) in [5.41, 5.74) is 1.44. The number of likely N-dealkylation sites (tertiary alicyclic amines) is 1. The molecule has 6 heteroatoms. The van der Waals surface area contributed by atoms with Gasteiger partial charge in [-0.25, -0.2) is 0 Å². The van der Waals surface area contributed by atoms with E-state index in [1.807, 2.05) is 11.8 Å². The Morgan fingerprint density at radius 1 is 1.32 bits per heavy atom. The van der Waals surface area contributed by atoms with E-state index < -0.39 is 0 Å². The molecule has 1 saturated heterocycles. The molecule has 0 aliphatic carbocycles. The fourth-order valence-corrected chi connectivity index (χ4v) is 3.41. The summed E-state index contributed by atoms with van der Waals surface area (Å²) in [6, 6.07) is 5.32. The van der Waals surface area contributed by atoms with Crippen LogP contribution < -0.4 is 5.32 Å². The van der Waals surface area contributed by atoms with E-state index in [9.17, 15) is 9.59 Å². The lowest BCUT2D eigenvalue weighted by atomic mass is 10.1. The SMILES string of the molecule is Cc1c(C(=O)NCCCN2CCCCCC2=O)oc2ccc(Cl)cc12. The predicted molar refractivity (Wildman–Crippen MR) is 98.0 cm³/mol. The fourth-order valence-electron chi connectivity index (χ4n) is 3.24. The van der Waals surface area contributed by atoms with Gasteiger partial charge in [-0.2, -0.15) is 0 Å². The van der Waals surface area contributed by atoms with E-state index in [1.54, 1.807) is 18.2 Å². The Balaban J connectivity index is 1.54. The molecule has 0 spiro atoms. The predicted octanol–water partition coefficient (Wildman–Crippen LogP) is 3.92. The summed E-state index contributed by atoms with van der Waals surface area (Å²) < 4.78 is 5.66. The minimum absolute atomic E-state index is 0.230. The number of carbonyl (C=O) groups excluding carboxylic acids is 2. The van der Waals surface area contributed by atoms with E-state index >= 15 is 0 Å². The Labute approximate surface area is 152 Å². The molecule has 3 rings (SSSR count). The first kappa shape index (κ1) is 17.8. The van der Waals surface area contributed by atoms with Crippen molar-refractivity contribution in [1.82, 2.24) is 10.2 Å². The smallest absolute Gasteiger partial charge is 0.287 e. The number of aryl methyl sites for hydroxylation is 1. The lowest BCUT2D eigenvalue weighted by molar-refractivity contribution is -0.130. The molecule has 0 bridgehead atoms. The van der Waals surface area contributed by atoms with Crippen LogP contribution >= 0.6 is 11.6 Å². The van der Waals surface area contributed by atoms with Crippen LogP contribution in [0.3, 0.4) is 0 Å². The van der Waals surface area contributed by atoms with Gasteiger partial charge in [-0.05, 0) is 44.4 Å². The van der Waals surface area contributed by atoms with Crippen molar-refractivity contribution in [2.45, 2.75) is 39.0 Å². The molecule has 0 atom stereocenters. The number of halogens is 1. The lowest BCUT2D eigenvalue weighted by Crippen LogP contribution is -2.34. The van der Waals surface area contributed by atoms with Crippen LogP contribution in [0.2, 0.25) is 5.02 Å². The molecule has 1 fully saturated rings. The number of hydrogen-bond donors (Lipinski definition) is 1. The van der Waals surface area contributed by atoms with Crippen molar-refractivity contribution < 1.29 is 14.0 Å².